The second-order valence-corrected chi connectivity index (χ2v) is 10.2. The van der Waals surface area contributed by atoms with Crippen molar-refractivity contribution in [3.63, 3.8) is 0 Å². The summed E-state index contributed by atoms with van der Waals surface area (Å²) in [5, 5.41) is 2.57. The highest BCUT2D eigenvalue weighted by Crippen LogP contribution is 2.37. The van der Waals surface area contributed by atoms with Gasteiger partial charge in [0.05, 0.1) is 12.5 Å². The van der Waals surface area contributed by atoms with Crippen LogP contribution in [0, 0.1) is 5.82 Å². The minimum atomic E-state index is -0.584. The number of hydrogen-bond donors (Lipinski definition) is 0. The molecule has 0 radical (unpaired) electrons. The highest BCUT2D eigenvalue weighted by atomic mass is 35.5. The van der Waals surface area contributed by atoms with Gasteiger partial charge in [-0.15, -0.1) is 0 Å². The van der Waals surface area contributed by atoms with Crippen LogP contribution in [0.4, 0.5) is 15.0 Å². The van der Waals surface area contributed by atoms with Gasteiger partial charge in [0.25, 0.3) is 0 Å². The molecule has 1 amide bonds. The summed E-state index contributed by atoms with van der Waals surface area (Å²) in [6.07, 6.45) is 1.22. The fraction of sp³-hybridized carbons (Fsp3) is 0.333. The number of carbonyl (C=O) groups excluding carboxylic acids is 1. The lowest BCUT2D eigenvalue weighted by Gasteiger charge is -2.36. The van der Waals surface area contributed by atoms with Gasteiger partial charge in [-0.2, -0.15) is 9.97 Å². The van der Waals surface area contributed by atoms with Crippen LogP contribution in [0.3, 0.4) is 0 Å². The number of rotatable bonds is 3. The standard InChI is InChI=1S/C27H27ClFN5O3/c1-27(2,3)37-26(35)34-13-11-33(12-14-34)24-18-15-30-22(21(29)23(18)31-25(32-24)36-4)17-9-5-7-16-8-6-10-19(28)20(16)17/h5-10,15H,11-14H2,1-4H3. The van der Waals surface area contributed by atoms with Crippen LogP contribution in [-0.4, -0.2) is 64.8 Å². The number of aromatic nitrogens is 3. The number of halogens is 2. The summed E-state index contributed by atoms with van der Waals surface area (Å²) in [7, 11) is 1.44. The minimum Gasteiger partial charge on any atom is -0.467 e. The lowest BCUT2D eigenvalue weighted by atomic mass is 10.0. The summed E-state index contributed by atoms with van der Waals surface area (Å²) in [6, 6.07) is 11.1. The quantitative estimate of drug-likeness (QED) is 0.340. The number of fused-ring (bicyclic) bond motifs is 2. The first-order chi connectivity index (χ1) is 17.7. The number of amides is 1. The van der Waals surface area contributed by atoms with Crippen LogP contribution >= 0.6 is 11.6 Å². The van der Waals surface area contributed by atoms with Crippen LogP contribution in [0.25, 0.3) is 32.9 Å². The van der Waals surface area contributed by atoms with Crippen LogP contribution in [0.1, 0.15) is 20.8 Å². The van der Waals surface area contributed by atoms with E-state index in [1.807, 2.05) is 49.9 Å². The van der Waals surface area contributed by atoms with Crippen molar-refractivity contribution >= 4 is 45.2 Å². The number of benzene rings is 2. The normalized spacial score (nSPS) is 14.3. The molecule has 2 aromatic heterocycles. The van der Waals surface area contributed by atoms with E-state index in [2.05, 4.69) is 15.0 Å². The summed E-state index contributed by atoms with van der Waals surface area (Å²) >= 11 is 6.49. The molecule has 37 heavy (non-hydrogen) atoms. The van der Waals surface area contributed by atoms with Gasteiger partial charge in [-0.3, -0.25) is 4.98 Å². The van der Waals surface area contributed by atoms with Crippen LogP contribution < -0.4 is 9.64 Å². The molecule has 1 saturated heterocycles. The number of pyridine rings is 1. The predicted molar refractivity (Wildman–Crippen MR) is 142 cm³/mol. The average molecular weight is 524 g/mol. The summed E-state index contributed by atoms with van der Waals surface area (Å²) in [5.41, 5.74) is 0.255. The molecule has 8 nitrogen and oxygen atoms in total. The maximum absolute atomic E-state index is 16.1. The third-order valence-corrected chi connectivity index (χ3v) is 6.48. The Morgan fingerprint density at radius 1 is 1.05 bits per heavy atom. The number of methoxy groups -OCH3 is 1. The largest absolute Gasteiger partial charge is 0.467 e. The molecule has 0 spiro atoms. The van der Waals surface area contributed by atoms with Crippen molar-refractivity contribution in [3.8, 4) is 17.3 Å². The van der Waals surface area contributed by atoms with Crippen molar-refractivity contribution in [3.05, 3.63) is 53.4 Å². The zero-order valence-electron chi connectivity index (χ0n) is 21.1. The minimum absolute atomic E-state index is 0.0454. The Morgan fingerprint density at radius 2 is 1.76 bits per heavy atom. The number of carbonyl (C=O) groups is 1. The van der Waals surface area contributed by atoms with Gasteiger partial charge >= 0.3 is 12.1 Å². The molecule has 0 atom stereocenters. The summed E-state index contributed by atoms with van der Waals surface area (Å²) in [4.78, 5) is 29.4. The van der Waals surface area contributed by atoms with E-state index >= 15 is 4.39 Å². The Kier molecular flexibility index (Phi) is 6.49. The van der Waals surface area contributed by atoms with E-state index in [-0.39, 0.29) is 23.3 Å². The van der Waals surface area contributed by atoms with E-state index in [1.54, 1.807) is 23.2 Å². The van der Waals surface area contributed by atoms with Gasteiger partial charge in [0.15, 0.2) is 5.82 Å². The van der Waals surface area contributed by atoms with Crippen LogP contribution in [0.2, 0.25) is 5.02 Å². The van der Waals surface area contributed by atoms with Gasteiger partial charge in [0, 0.05) is 48.3 Å². The van der Waals surface area contributed by atoms with Crippen LogP contribution in [0.5, 0.6) is 6.01 Å². The fourth-order valence-electron chi connectivity index (χ4n) is 4.46. The smallest absolute Gasteiger partial charge is 0.410 e. The fourth-order valence-corrected chi connectivity index (χ4v) is 4.75. The van der Waals surface area contributed by atoms with Crippen molar-refractivity contribution in [2.45, 2.75) is 26.4 Å². The molecule has 0 N–H and O–H groups in total. The van der Waals surface area contributed by atoms with E-state index in [0.717, 1.165) is 10.8 Å². The molecule has 3 heterocycles. The number of piperazine rings is 1. The lowest BCUT2D eigenvalue weighted by Crippen LogP contribution is -2.50. The molecule has 1 aliphatic heterocycles. The van der Waals surface area contributed by atoms with Gasteiger partial charge in [-0.05, 0) is 32.2 Å². The molecule has 0 unspecified atom stereocenters. The monoisotopic (exact) mass is 523 g/mol. The highest BCUT2D eigenvalue weighted by Gasteiger charge is 2.28. The Balaban J connectivity index is 1.53. The summed E-state index contributed by atoms with van der Waals surface area (Å²) in [5.74, 6) is -0.0844. The molecule has 1 aliphatic rings. The number of anilines is 1. The number of nitrogens with zero attached hydrogens (tertiary/aromatic N) is 5. The van der Waals surface area contributed by atoms with Gasteiger partial charge in [0.2, 0.25) is 0 Å². The van der Waals surface area contributed by atoms with Crippen molar-refractivity contribution in [2.24, 2.45) is 0 Å². The first kappa shape index (κ1) is 25.0. The molecule has 4 aromatic rings. The van der Waals surface area contributed by atoms with Crippen molar-refractivity contribution in [1.29, 1.82) is 0 Å². The molecule has 0 bridgehead atoms. The highest BCUT2D eigenvalue weighted by molar-refractivity contribution is 6.36. The SMILES string of the molecule is COc1nc(N2CCN(C(=O)OC(C)(C)C)CC2)c2cnc(-c3cccc4cccc(Cl)c34)c(F)c2n1. The molecule has 0 aliphatic carbocycles. The maximum Gasteiger partial charge on any atom is 0.410 e. The molecular weight excluding hydrogens is 497 g/mol. The maximum atomic E-state index is 16.1. The molecular formula is C27H27ClFN5O3. The van der Waals surface area contributed by atoms with Gasteiger partial charge in [-0.25, -0.2) is 9.18 Å². The second-order valence-electron chi connectivity index (χ2n) is 9.81. The zero-order chi connectivity index (χ0) is 26.3. The van der Waals surface area contributed by atoms with E-state index in [9.17, 15) is 4.79 Å². The zero-order valence-corrected chi connectivity index (χ0v) is 21.8. The molecule has 192 valence electrons. The topological polar surface area (TPSA) is 80.7 Å². The number of hydrogen-bond acceptors (Lipinski definition) is 7. The predicted octanol–water partition coefficient (Wildman–Crippen LogP) is 5.70. The Hall–Kier alpha value is -3.72. The molecule has 1 fully saturated rings. The first-order valence-electron chi connectivity index (χ1n) is 12.0. The van der Waals surface area contributed by atoms with Crippen LogP contribution in [0.15, 0.2) is 42.6 Å². The molecule has 5 rings (SSSR count). The van der Waals surface area contributed by atoms with Crippen molar-refractivity contribution in [2.75, 3.05) is 38.2 Å². The Morgan fingerprint density at radius 3 is 2.43 bits per heavy atom. The summed E-state index contributed by atoms with van der Waals surface area (Å²) in [6.45, 7) is 7.34. The van der Waals surface area contributed by atoms with Crippen molar-refractivity contribution in [1.82, 2.24) is 19.9 Å². The van der Waals surface area contributed by atoms with E-state index in [0.29, 0.717) is 48.0 Å². The Labute approximate surface area is 219 Å². The van der Waals surface area contributed by atoms with Gasteiger partial charge < -0.3 is 19.3 Å². The Bertz CT molecular complexity index is 1490. The molecule has 0 saturated carbocycles. The lowest BCUT2D eigenvalue weighted by molar-refractivity contribution is 0.0240. The third kappa shape index (κ3) is 4.83. The van der Waals surface area contributed by atoms with Crippen molar-refractivity contribution < 1.29 is 18.7 Å². The third-order valence-electron chi connectivity index (χ3n) is 6.17. The van der Waals surface area contributed by atoms with Crippen LogP contribution in [-0.2, 0) is 4.74 Å². The molecule has 2 aromatic carbocycles. The molecule has 10 heteroatoms. The summed E-state index contributed by atoms with van der Waals surface area (Å²) < 4.78 is 26.9. The average Bonchev–Trinajstić information content (AvgIpc) is 2.87. The van der Waals surface area contributed by atoms with Gasteiger partial charge in [-0.1, -0.05) is 41.9 Å². The van der Waals surface area contributed by atoms with E-state index in [1.165, 1.54) is 7.11 Å². The number of ether oxygens (including phenoxy) is 2. The van der Waals surface area contributed by atoms with E-state index in [4.69, 9.17) is 21.1 Å². The van der Waals surface area contributed by atoms with E-state index < -0.39 is 11.4 Å². The first-order valence-corrected chi connectivity index (χ1v) is 12.3. The second kappa shape index (κ2) is 9.63. The van der Waals surface area contributed by atoms with Gasteiger partial charge in [0.1, 0.15) is 22.6 Å².